The lowest BCUT2D eigenvalue weighted by Gasteiger charge is -2.06. The molecule has 0 spiro atoms. The minimum atomic E-state index is -4.48. The van der Waals surface area contributed by atoms with Gasteiger partial charge in [0, 0.05) is 11.5 Å². The Morgan fingerprint density at radius 3 is 2.05 bits per heavy atom. The first-order chi connectivity index (χ1) is 9.54. The number of rotatable bonds is 0. The van der Waals surface area contributed by atoms with Gasteiger partial charge in [0.15, 0.2) is 0 Å². The van der Waals surface area contributed by atoms with E-state index in [1.54, 1.807) is 18.2 Å². The maximum absolute atomic E-state index is 12.3. The van der Waals surface area contributed by atoms with Crippen molar-refractivity contribution in [3.05, 3.63) is 60.2 Å². The summed E-state index contributed by atoms with van der Waals surface area (Å²) in [4.78, 5) is 0. The van der Waals surface area contributed by atoms with Crippen LogP contribution < -0.4 is 0 Å². The lowest BCUT2D eigenvalue weighted by atomic mass is 9.97. The Bertz CT molecular complexity index is 849. The molecule has 0 fully saturated rings. The van der Waals surface area contributed by atoms with Crippen molar-refractivity contribution in [3.8, 4) is 11.8 Å². The Labute approximate surface area is 113 Å². The maximum Gasteiger partial charge on any atom is 0.458 e. The second-order valence-electron chi connectivity index (χ2n) is 4.44. The van der Waals surface area contributed by atoms with Gasteiger partial charge in [0.05, 0.1) is 0 Å². The van der Waals surface area contributed by atoms with Crippen molar-refractivity contribution in [1.82, 2.24) is 0 Å². The molecule has 0 nitrogen and oxygen atoms in total. The van der Waals surface area contributed by atoms with Gasteiger partial charge in [-0.05, 0) is 27.6 Å². The van der Waals surface area contributed by atoms with Crippen LogP contribution in [0.25, 0.3) is 21.5 Å². The topological polar surface area (TPSA) is 0 Å². The van der Waals surface area contributed by atoms with E-state index in [1.165, 1.54) is 5.92 Å². The van der Waals surface area contributed by atoms with E-state index in [1.807, 2.05) is 36.4 Å². The Balaban J connectivity index is 2.37. The zero-order valence-corrected chi connectivity index (χ0v) is 10.3. The van der Waals surface area contributed by atoms with Gasteiger partial charge in [-0.2, -0.15) is 13.2 Å². The zero-order chi connectivity index (χ0) is 14.2. The van der Waals surface area contributed by atoms with Gasteiger partial charge in [-0.15, -0.1) is 0 Å². The second kappa shape index (κ2) is 4.57. The molecule has 0 aromatic heterocycles. The molecule has 0 heterocycles. The first-order valence-electron chi connectivity index (χ1n) is 6.05. The molecule has 98 valence electrons. The van der Waals surface area contributed by atoms with Crippen molar-refractivity contribution in [1.29, 1.82) is 0 Å². The lowest BCUT2D eigenvalue weighted by Crippen LogP contribution is -2.01. The Kier molecular flexibility index (Phi) is 2.87. The van der Waals surface area contributed by atoms with E-state index < -0.39 is 6.18 Å². The van der Waals surface area contributed by atoms with E-state index in [0.29, 0.717) is 5.56 Å². The van der Waals surface area contributed by atoms with Crippen LogP contribution >= 0.6 is 0 Å². The second-order valence-corrected chi connectivity index (χ2v) is 4.44. The van der Waals surface area contributed by atoms with Crippen molar-refractivity contribution in [3.63, 3.8) is 0 Å². The van der Waals surface area contributed by atoms with Gasteiger partial charge in [-0.1, -0.05) is 54.5 Å². The van der Waals surface area contributed by atoms with E-state index >= 15 is 0 Å². The van der Waals surface area contributed by atoms with Crippen molar-refractivity contribution >= 4 is 21.5 Å². The smallest absolute Gasteiger partial charge is 0.159 e. The lowest BCUT2D eigenvalue weighted by molar-refractivity contribution is -0.0696. The van der Waals surface area contributed by atoms with Gasteiger partial charge < -0.3 is 0 Å². The Hall–Kier alpha value is -2.47. The fraction of sp³-hybridized carbons (Fsp3) is 0.0588. The normalized spacial score (nSPS) is 11.3. The number of benzene rings is 3. The quantitative estimate of drug-likeness (QED) is 0.402. The monoisotopic (exact) mass is 270 g/mol. The molecule has 0 unspecified atom stereocenters. The molecule has 20 heavy (non-hydrogen) atoms. The molecule has 0 amide bonds. The summed E-state index contributed by atoms with van der Waals surface area (Å²) in [5.41, 5.74) is 0.400. The molecule has 0 aliphatic rings. The fourth-order valence-corrected chi connectivity index (χ4v) is 2.30. The highest BCUT2D eigenvalue weighted by Gasteiger charge is 2.23. The highest BCUT2D eigenvalue weighted by Crippen LogP contribution is 2.28. The van der Waals surface area contributed by atoms with E-state index in [9.17, 15) is 13.2 Å². The molecule has 0 atom stereocenters. The van der Waals surface area contributed by atoms with Crippen molar-refractivity contribution in [2.45, 2.75) is 6.18 Å². The predicted molar refractivity (Wildman–Crippen MR) is 74.4 cm³/mol. The van der Waals surface area contributed by atoms with Gasteiger partial charge in [-0.25, -0.2) is 0 Å². The summed E-state index contributed by atoms with van der Waals surface area (Å²) in [5, 5.41) is 3.55. The molecule has 0 saturated heterocycles. The van der Waals surface area contributed by atoms with Crippen molar-refractivity contribution in [2.75, 3.05) is 0 Å². The third kappa shape index (κ3) is 2.33. The summed E-state index contributed by atoms with van der Waals surface area (Å²) < 4.78 is 36.8. The SMILES string of the molecule is FC(F)(F)C#Cc1cc2ccccc2c2ccccc12. The van der Waals surface area contributed by atoms with E-state index in [-0.39, 0.29) is 0 Å². The van der Waals surface area contributed by atoms with Crippen LogP contribution in [0.4, 0.5) is 13.2 Å². The van der Waals surface area contributed by atoms with E-state index in [2.05, 4.69) is 5.92 Å². The predicted octanol–water partition coefficient (Wildman–Crippen LogP) is 4.91. The number of halogens is 3. The standard InChI is InChI=1S/C17H9F3/c18-17(19,20)10-9-13-11-12-5-1-2-6-14(12)16-8-4-3-7-15(13)16/h1-8,11H. The minimum absolute atomic E-state index is 0.400. The van der Waals surface area contributed by atoms with E-state index in [4.69, 9.17) is 0 Å². The average molecular weight is 270 g/mol. The van der Waals surface area contributed by atoms with Gasteiger partial charge in [0.2, 0.25) is 0 Å². The molecule has 3 aromatic carbocycles. The summed E-state index contributed by atoms with van der Waals surface area (Å²) >= 11 is 0. The van der Waals surface area contributed by atoms with Crippen molar-refractivity contribution < 1.29 is 13.2 Å². The summed E-state index contributed by atoms with van der Waals surface area (Å²) in [6.07, 6.45) is -4.48. The first-order valence-corrected chi connectivity index (χ1v) is 6.05. The fourth-order valence-electron chi connectivity index (χ4n) is 2.30. The number of hydrogen-bond donors (Lipinski definition) is 0. The van der Waals surface area contributed by atoms with Crippen LogP contribution in [0.5, 0.6) is 0 Å². The molecule has 0 radical (unpaired) electrons. The molecule has 0 aliphatic heterocycles. The van der Waals surface area contributed by atoms with Gasteiger partial charge in [-0.3, -0.25) is 0 Å². The first kappa shape index (κ1) is 12.6. The van der Waals surface area contributed by atoms with E-state index in [0.717, 1.165) is 21.5 Å². The molecule has 3 heteroatoms. The Morgan fingerprint density at radius 2 is 1.35 bits per heavy atom. The summed E-state index contributed by atoms with van der Waals surface area (Å²) in [5.74, 6) is 3.59. The third-order valence-corrected chi connectivity index (χ3v) is 3.11. The summed E-state index contributed by atoms with van der Waals surface area (Å²) in [7, 11) is 0. The molecule has 0 aliphatic carbocycles. The van der Waals surface area contributed by atoms with Crippen LogP contribution in [-0.4, -0.2) is 6.18 Å². The molecule has 0 bridgehead atoms. The Morgan fingerprint density at radius 1 is 0.750 bits per heavy atom. The van der Waals surface area contributed by atoms with Gasteiger partial charge in [0.1, 0.15) is 0 Å². The number of alkyl halides is 3. The van der Waals surface area contributed by atoms with Crippen LogP contribution in [-0.2, 0) is 0 Å². The highest BCUT2D eigenvalue weighted by atomic mass is 19.4. The van der Waals surface area contributed by atoms with Gasteiger partial charge in [0.25, 0.3) is 0 Å². The highest BCUT2D eigenvalue weighted by molar-refractivity contribution is 6.09. The molecule has 0 saturated carbocycles. The third-order valence-electron chi connectivity index (χ3n) is 3.11. The van der Waals surface area contributed by atoms with Crippen LogP contribution in [0.15, 0.2) is 54.6 Å². The number of fused-ring (bicyclic) bond motifs is 3. The minimum Gasteiger partial charge on any atom is -0.159 e. The number of hydrogen-bond acceptors (Lipinski definition) is 0. The average Bonchev–Trinajstić information content (AvgIpc) is 2.44. The van der Waals surface area contributed by atoms with Gasteiger partial charge >= 0.3 is 6.18 Å². The molecule has 3 rings (SSSR count). The maximum atomic E-state index is 12.3. The van der Waals surface area contributed by atoms with Crippen LogP contribution in [0.2, 0.25) is 0 Å². The van der Waals surface area contributed by atoms with Crippen LogP contribution in [0.3, 0.4) is 0 Å². The van der Waals surface area contributed by atoms with Crippen LogP contribution in [0.1, 0.15) is 5.56 Å². The molecular weight excluding hydrogens is 261 g/mol. The largest absolute Gasteiger partial charge is 0.458 e. The molecular formula is C17H9F3. The summed E-state index contributed by atoms with van der Waals surface area (Å²) in [6, 6.07) is 16.7. The van der Waals surface area contributed by atoms with Crippen molar-refractivity contribution in [2.24, 2.45) is 0 Å². The molecule has 0 N–H and O–H groups in total. The molecule has 3 aromatic rings. The van der Waals surface area contributed by atoms with Crippen LogP contribution in [0, 0.1) is 11.8 Å². The zero-order valence-electron chi connectivity index (χ0n) is 10.3. The summed E-state index contributed by atoms with van der Waals surface area (Å²) in [6.45, 7) is 0.